The largest absolute Gasteiger partial charge is 0.418 e. The molecule has 1 aliphatic rings. The van der Waals surface area contributed by atoms with Crippen molar-refractivity contribution in [2.45, 2.75) is 19.4 Å². The molecule has 0 unspecified atom stereocenters. The van der Waals surface area contributed by atoms with Gasteiger partial charge >= 0.3 is 0 Å². The van der Waals surface area contributed by atoms with Gasteiger partial charge in [-0.1, -0.05) is 18.2 Å². The number of hydrogen-bond acceptors (Lipinski definition) is 6. The van der Waals surface area contributed by atoms with Gasteiger partial charge in [-0.25, -0.2) is 8.42 Å². The maximum atomic E-state index is 12.0. The lowest BCUT2D eigenvalue weighted by Crippen LogP contribution is -2.24. The van der Waals surface area contributed by atoms with Crippen molar-refractivity contribution >= 4 is 21.4 Å². The number of anilines is 2. The van der Waals surface area contributed by atoms with Gasteiger partial charge in [0.15, 0.2) is 0 Å². The highest BCUT2D eigenvalue weighted by Gasteiger charge is 2.28. The summed E-state index contributed by atoms with van der Waals surface area (Å²) in [5, 5.41) is 11.5. The van der Waals surface area contributed by atoms with Gasteiger partial charge in [0, 0.05) is 17.8 Å². The number of benzene rings is 2. The Morgan fingerprint density at radius 3 is 2.48 bits per heavy atom. The van der Waals surface area contributed by atoms with Gasteiger partial charge in [-0.3, -0.25) is 4.31 Å². The predicted octanol–water partition coefficient (Wildman–Crippen LogP) is 3.45. The lowest BCUT2D eigenvalue weighted by Gasteiger charge is -2.18. The van der Waals surface area contributed by atoms with Crippen LogP contribution in [0.3, 0.4) is 0 Å². The standard InChI is InChI=1S/C19H20N4O3S/c1-14(18-21-22-19(26-18)15-6-3-2-4-7-15)20-16-8-10-17(11-9-16)23-12-5-13-27(23,24)25/h2-4,6-11,14,20H,5,12-13H2,1H3/t14-/m1/s1. The Bertz CT molecular complexity index is 1020. The van der Waals surface area contributed by atoms with Crippen LogP contribution in [0.1, 0.15) is 25.3 Å². The van der Waals surface area contributed by atoms with Gasteiger partial charge in [-0.2, -0.15) is 0 Å². The molecular weight excluding hydrogens is 364 g/mol. The van der Waals surface area contributed by atoms with E-state index in [1.807, 2.05) is 49.4 Å². The van der Waals surface area contributed by atoms with E-state index in [-0.39, 0.29) is 11.8 Å². The molecule has 1 fully saturated rings. The minimum absolute atomic E-state index is 0.184. The molecule has 2 aromatic carbocycles. The van der Waals surface area contributed by atoms with Crippen LogP contribution in [0.2, 0.25) is 0 Å². The molecular formula is C19H20N4O3S. The second-order valence-corrected chi connectivity index (χ2v) is 8.48. The normalized spacial score (nSPS) is 17.0. The molecule has 0 spiro atoms. The summed E-state index contributed by atoms with van der Waals surface area (Å²) < 4.78 is 31.3. The molecule has 2 heterocycles. The van der Waals surface area contributed by atoms with E-state index in [9.17, 15) is 8.42 Å². The van der Waals surface area contributed by atoms with E-state index in [1.165, 1.54) is 4.31 Å². The first-order chi connectivity index (χ1) is 13.0. The zero-order valence-electron chi connectivity index (χ0n) is 14.9. The van der Waals surface area contributed by atoms with Crippen molar-refractivity contribution in [2.75, 3.05) is 21.9 Å². The van der Waals surface area contributed by atoms with Gasteiger partial charge in [0.05, 0.1) is 11.4 Å². The summed E-state index contributed by atoms with van der Waals surface area (Å²) in [6, 6.07) is 16.7. The van der Waals surface area contributed by atoms with Crippen molar-refractivity contribution in [2.24, 2.45) is 0 Å². The number of rotatable bonds is 5. The Morgan fingerprint density at radius 2 is 1.81 bits per heavy atom. The Kier molecular flexibility index (Phi) is 4.57. The van der Waals surface area contributed by atoms with Crippen LogP contribution in [0, 0.1) is 0 Å². The molecule has 1 saturated heterocycles. The molecule has 3 aromatic rings. The molecule has 8 heteroatoms. The number of aromatic nitrogens is 2. The van der Waals surface area contributed by atoms with Crippen LogP contribution < -0.4 is 9.62 Å². The van der Waals surface area contributed by atoms with Crippen molar-refractivity contribution < 1.29 is 12.8 Å². The zero-order chi connectivity index (χ0) is 18.9. The summed E-state index contributed by atoms with van der Waals surface area (Å²) in [5.41, 5.74) is 2.41. The lowest BCUT2D eigenvalue weighted by molar-refractivity contribution is 0.485. The third-order valence-electron chi connectivity index (χ3n) is 4.47. The Balaban J connectivity index is 1.46. The van der Waals surface area contributed by atoms with E-state index in [1.54, 1.807) is 12.1 Å². The fraction of sp³-hybridized carbons (Fsp3) is 0.263. The molecule has 140 valence electrons. The highest BCUT2D eigenvalue weighted by Crippen LogP contribution is 2.27. The molecule has 27 heavy (non-hydrogen) atoms. The van der Waals surface area contributed by atoms with Crippen molar-refractivity contribution in [1.29, 1.82) is 0 Å². The summed E-state index contributed by atoms with van der Waals surface area (Å²) in [6.07, 6.45) is 0.667. The van der Waals surface area contributed by atoms with E-state index < -0.39 is 10.0 Å². The molecule has 0 saturated carbocycles. The van der Waals surface area contributed by atoms with Gasteiger partial charge in [-0.05, 0) is 49.7 Å². The van der Waals surface area contributed by atoms with Gasteiger partial charge in [0.1, 0.15) is 6.04 Å². The molecule has 0 radical (unpaired) electrons. The summed E-state index contributed by atoms with van der Waals surface area (Å²) >= 11 is 0. The third-order valence-corrected chi connectivity index (χ3v) is 6.34. The first-order valence-corrected chi connectivity index (χ1v) is 10.4. The minimum Gasteiger partial charge on any atom is -0.418 e. The summed E-state index contributed by atoms with van der Waals surface area (Å²) in [5.74, 6) is 1.18. The van der Waals surface area contributed by atoms with Crippen molar-refractivity contribution in [1.82, 2.24) is 10.2 Å². The average molecular weight is 384 g/mol. The van der Waals surface area contributed by atoms with Gasteiger partial charge in [0.25, 0.3) is 0 Å². The van der Waals surface area contributed by atoms with E-state index in [0.29, 0.717) is 30.4 Å². The van der Waals surface area contributed by atoms with E-state index in [2.05, 4.69) is 15.5 Å². The van der Waals surface area contributed by atoms with Crippen molar-refractivity contribution in [3.05, 3.63) is 60.5 Å². The first kappa shape index (κ1) is 17.5. The first-order valence-electron chi connectivity index (χ1n) is 8.79. The molecule has 4 rings (SSSR count). The van der Waals surface area contributed by atoms with Crippen LogP contribution in [-0.2, 0) is 10.0 Å². The van der Waals surface area contributed by atoms with Crippen LogP contribution in [-0.4, -0.2) is 30.9 Å². The molecule has 0 aliphatic carbocycles. The predicted molar refractivity (Wildman–Crippen MR) is 104 cm³/mol. The van der Waals surface area contributed by atoms with Gasteiger partial charge in [-0.15, -0.1) is 10.2 Å². The summed E-state index contributed by atoms with van der Waals surface area (Å²) in [4.78, 5) is 0. The highest BCUT2D eigenvalue weighted by molar-refractivity contribution is 7.93. The monoisotopic (exact) mass is 384 g/mol. The van der Waals surface area contributed by atoms with E-state index >= 15 is 0 Å². The van der Waals surface area contributed by atoms with Crippen molar-refractivity contribution in [3.8, 4) is 11.5 Å². The number of nitrogens with zero attached hydrogens (tertiary/aromatic N) is 3. The topological polar surface area (TPSA) is 88.3 Å². The van der Waals surface area contributed by atoms with E-state index in [4.69, 9.17) is 4.42 Å². The Labute approximate surface area is 158 Å². The zero-order valence-corrected chi connectivity index (χ0v) is 15.7. The highest BCUT2D eigenvalue weighted by atomic mass is 32.2. The fourth-order valence-electron chi connectivity index (χ4n) is 3.07. The molecule has 1 aromatic heterocycles. The van der Waals surface area contributed by atoms with Crippen LogP contribution in [0.4, 0.5) is 11.4 Å². The van der Waals surface area contributed by atoms with Gasteiger partial charge < -0.3 is 9.73 Å². The SMILES string of the molecule is C[C@@H](Nc1ccc(N2CCCS2(=O)=O)cc1)c1nnc(-c2ccccc2)o1. The fourth-order valence-corrected chi connectivity index (χ4v) is 4.64. The molecule has 0 bridgehead atoms. The molecule has 7 nitrogen and oxygen atoms in total. The number of nitrogens with one attached hydrogen (secondary N) is 1. The third kappa shape index (κ3) is 3.66. The maximum absolute atomic E-state index is 12.0. The maximum Gasteiger partial charge on any atom is 0.247 e. The van der Waals surface area contributed by atoms with Gasteiger partial charge in [0.2, 0.25) is 21.8 Å². The Hall–Kier alpha value is -2.87. The number of sulfonamides is 1. The molecule has 1 atom stereocenters. The second-order valence-electron chi connectivity index (χ2n) is 6.47. The van der Waals surface area contributed by atoms with Crippen molar-refractivity contribution in [3.63, 3.8) is 0 Å². The van der Waals surface area contributed by atoms with E-state index in [0.717, 1.165) is 11.3 Å². The number of hydrogen-bond donors (Lipinski definition) is 1. The second kappa shape index (κ2) is 7.03. The molecule has 1 aliphatic heterocycles. The molecule has 1 N–H and O–H groups in total. The van der Waals surface area contributed by atoms with Crippen LogP contribution in [0.15, 0.2) is 59.0 Å². The Morgan fingerprint density at radius 1 is 1.07 bits per heavy atom. The van der Waals surface area contributed by atoms with Crippen LogP contribution in [0.5, 0.6) is 0 Å². The summed E-state index contributed by atoms with van der Waals surface area (Å²) in [6.45, 7) is 2.47. The minimum atomic E-state index is -3.16. The average Bonchev–Trinajstić information content (AvgIpc) is 3.30. The molecule has 0 amide bonds. The smallest absolute Gasteiger partial charge is 0.247 e. The quantitative estimate of drug-likeness (QED) is 0.725. The van der Waals surface area contributed by atoms with Crippen LogP contribution >= 0.6 is 0 Å². The van der Waals surface area contributed by atoms with Crippen LogP contribution in [0.25, 0.3) is 11.5 Å². The lowest BCUT2D eigenvalue weighted by atomic mass is 10.2. The summed E-state index contributed by atoms with van der Waals surface area (Å²) in [7, 11) is -3.16.